The van der Waals surface area contributed by atoms with E-state index in [0.717, 1.165) is 16.8 Å². The summed E-state index contributed by atoms with van der Waals surface area (Å²) in [6.07, 6.45) is 1.73. The number of furan rings is 1. The van der Waals surface area contributed by atoms with Gasteiger partial charge in [-0.05, 0) is 43.3 Å². The van der Waals surface area contributed by atoms with Gasteiger partial charge in [-0.1, -0.05) is 30.3 Å². The van der Waals surface area contributed by atoms with E-state index in [2.05, 4.69) is 5.32 Å². The molecule has 0 radical (unpaired) electrons. The molecule has 0 atom stereocenters. The molecule has 2 heterocycles. The zero-order chi connectivity index (χ0) is 18.8. The third kappa shape index (κ3) is 3.27. The van der Waals surface area contributed by atoms with Crippen molar-refractivity contribution in [2.24, 2.45) is 0 Å². The van der Waals surface area contributed by atoms with E-state index in [0.29, 0.717) is 29.3 Å². The molecular formula is C22H17NO4. The second-order valence-electron chi connectivity index (χ2n) is 6.06. The molecular weight excluding hydrogens is 342 g/mol. The minimum atomic E-state index is -0.347. The van der Waals surface area contributed by atoms with Crippen LogP contribution in [0.15, 0.2) is 65.1 Å². The fourth-order valence-electron chi connectivity index (χ4n) is 3.00. The summed E-state index contributed by atoms with van der Waals surface area (Å²) in [4.78, 5) is 23.9. The Morgan fingerprint density at radius 2 is 1.85 bits per heavy atom. The molecule has 4 rings (SSSR count). The Bertz CT molecular complexity index is 1040. The minimum Gasteiger partial charge on any atom is -0.462 e. The van der Waals surface area contributed by atoms with Gasteiger partial charge in [0.1, 0.15) is 11.5 Å². The van der Waals surface area contributed by atoms with E-state index in [4.69, 9.17) is 9.15 Å². The number of carbonyl (C=O) groups is 2. The van der Waals surface area contributed by atoms with Crippen molar-refractivity contribution in [1.29, 1.82) is 0 Å². The Morgan fingerprint density at radius 1 is 1.07 bits per heavy atom. The van der Waals surface area contributed by atoms with Crippen LogP contribution in [0.2, 0.25) is 0 Å². The largest absolute Gasteiger partial charge is 0.462 e. The predicted octanol–water partition coefficient (Wildman–Crippen LogP) is 4.62. The average Bonchev–Trinajstić information content (AvgIpc) is 3.27. The molecule has 0 bridgehead atoms. The van der Waals surface area contributed by atoms with E-state index >= 15 is 0 Å². The number of esters is 1. The summed E-state index contributed by atoms with van der Waals surface area (Å²) in [7, 11) is 0. The lowest BCUT2D eigenvalue weighted by Crippen LogP contribution is -2.03. The quantitative estimate of drug-likeness (QED) is 0.545. The van der Waals surface area contributed by atoms with Crippen molar-refractivity contribution < 1.29 is 18.7 Å². The van der Waals surface area contributed by atoms with Crippen LogP contribution in [-0.2, 0) is 9.53 Å². The molecule has 0 unspecified atom stereocenters. The molecule has 1 N–H and O–H groups in total. The van der Waals surface area contributed by atoms with Crippen LogP contribution in [-0.4, -0.2) is 18.5 Å². The number of nitrogens with one attached hydrogen (secondary N) is 1. The van der Waals surface area contributed by atoms with Gasteiger partial charge in [0.15, 0.2) is 0 Å². The van der Waals surface area contributed by atoms with E-state index in [1.54, 1.807) is 37.3 Å². The van der Waals surface area contributed by atoms with Crippen molar-refractivity contribution in [1.82, 2.24) is 0 Å². The molecule has 0 saturated heterocycles. The standard InChI is InChI=1S/C22H17NO4/c1-2-26-22(25)15-9-7-14(8-10-15)20-12-11-16(27-20)13-18-17-5-3-4-6-19(17)23-21(18)24/h3-13H,2H2,1H3,(H,23,24)/b18-13+. The first-order chi connectivity index (χ1) is 13.2. The summed E-state index contributed by atoms with van der Waals surface area (Å²) in [5.41, 5.74) is 3.57. The Kier molecular flexibility index (Phi) is 4.34. The van der Waals surface area contributed by atoms with Crippen LogP contribution in [0.1, 0.15) is 28.6 Å². The van der Waals surface area contributed by atoms with E-state index < -0.39 is 0 Å². The van der Waals surface area contributed by atoms with Crippen molar-refractivity contribution in [2.45, 2.75) is 6.92 Å². The third-order valence-corrected chi connectivity index (χ3v) is 4.30. The highest BCUT2D eigenvalue weighted by Crippen LogP contribution is 2.33. The Morgan fingerprint density at radius 3 is 2.63 bits per heavy atom. The van der Waals surface area contributed by atoms with Gasteiger partial charge in [-0.2, -0.15) is 0 Å². The second kappa shape index (κ2) is 6.96. The van der Waals surface area contributed by atoms with Gasteiger partial charge in [0.2, 0.25) is 0 Å². The lowest BCUT2D eigenvalue weighted by molar-refractivity contribution is -0.110. The molecule has 2 aromatic carbocycles. The smallest absolute Gasteiger partial charge is 0.338 e. The van der Waals surface area contributed by atoms with Gasteiger partial charge in [0.25, 0.3) is 5.91 Å². The lowest BCUT2D eigenvalue weighted by atomic mass is 10.1. The summed E-state index contributed by atoms with van der Waals surface area (Å²) >= 11 is 0. The zero-order valence-corrected chi connectivity index (χ0v) is 14.7. The third-order valence-electron chi connectivity index (χ3n) is 4.30. The monoisotopic (exact) mass is 359 g/mol. The predicted molar refractivity (Wildman–Crippen MR) is 103 cm³/mol. The van der Waals surface area contributed by atoms with Crippen LogP contribution in [0, 0.1) is 0 Å². The van der Waals surface area contributed by atoms with Gasteiger partial charge in [0, 0.05) is 16.8 Å². The maximum absolute atomic E-state index is 12.2. The minimum absolute atomic E-state index is 0.145. The molecule has 1 aliphatic heterocycles. The van der Waals surface area contributed by atoms with Crippen molar-refractivity contribution in [3.63, 3.8) is 0 Å². The highest BCUT2D eigenvalue weighted by atomic mass is 16.5. The molecule has 3 aromatic rings. The van der Waals surface area contributed by atoms with E-state index in [1.807, 2.05) is 36.4 Å². The number of hydrogen-bond donors (Lipinski definition) is 1. The van der Waals surface area contributed by atoms with Crippen LogP contribution < -0.4 is 5.32 Å². The highest BCUT2D eigenvalue weighted by Gasteiger charge is 2.23. The fourth-order valence-corrected chi connectivity index (χ4v) is 3.00. The van der Waals surface area contributed by atoms with Gasteiger partial charge in [-0.3, -0.25) is 4.79 Å². The second-order valence-corrected chi connectivity index (χ2v) is 6.06. The summed E-state index contributed by atoms with van der Waals surface area (Å²) in [6, 6.07) is 18.2. The molecule has 1 aliphatic rings. The summed E-state index contributed by atoms with van der Waals surface area (Å²) in [5, 5.41) is 2.84. The highest BCUT2D eigenvalue weighted by molar-refractivity contribution is 6.34. The van der Waals surface area contributed by atoms with Gasteiger partial charge < -0.3 is 14.5 Å². The van der Waals surface area contributed by atoms with Crippen molar-refractivity contribution in [3.8, 4) is 11.3 Å². The van der Waals surface area contributed by atoms with E-state index in [-0.39, 0.29) is 11.9 Å². The van der Waals surface area contributed by atoms with Crippen molar-refractivity contribution in [2.75, 3.05) is 11.9 Å². The molecule has 0 spiro atoms. The first-order valence-electron chi connectivity index (χ1n) is 8.65. The molecule has 0 fully saturated rings. The van der Waals surface area contributed by atoms with Crippen LogP contribution in [0.3, 0.4) is 0 Å². The lowest BCUT2D eigenvalue weighted by Gasteiger charge is -2.02. The SMILES string of the molecule is CCOC(=O)c1ccc(-c2ccc(/C=C3/C(=O)Nc4ccccc43)o2)cc1. The fraction of sp³-hybridized carbons (Fsp3) is 0.0909. The average molecular weight is 359 g/mol. The zero-order valence-electron chi connectivity index (χ0n) is 14.7. The first kappa shape index (κ1) is 16.8. The molecule has 1 aromatic heterocycles. The van der Waals surface area contributed by atoms with Gasteiger partial charge in [-0.25, -0.2) is 4.79 Å². The Labute approximate surface area is 156 Å². The summed E-state index contributed by atoms with van der Waals surface area (Å²) < 4.78 is 10.9. The molecule has 0 aliphatic carbocycles. The number of anilines is 1. The first-order valence-corrected chi connectivity index (χ1v) is 8.65. The van der Waals surface area contributed by atoms with Crippen LogP contribution >= 0.6 is 0 Å². The van der Waals surface area contributed by atoms with Crippen molar-refractivity contribution >= 4 is 29.2 Å². The molecule has 0 saturated carbocycles. The summed E-state index contributed by atoms with van der Waals surface area (Å²) in [6.45, 7) is 2.11. The molecule has 5 nitrogen and oxygen atoms in total. The van der Waals surface area contributed by atoms with Gasteiger partial charge in [0.05, 0.1) is 17.7 Å². The number of rotatable bonds is 4. The van der Waals surface area contributed by atoms with Crippen molar-refractivity contribution in [3.05, 3.63) is 77.6 Å². The van der Waals surface area contributed by atoms with Crippen LogP contribution in [0.5, 0.6) is 0 Å². The number of carbonyl (C=O) groups excluding carboxylic acids is 2. The molecule has 27 heavy (non-hydrogen) atoms. The van der Waals surface area contributed by atoms with E-state index in [9.17, 15) is 9.59 Å². The maximum atomic E-state index is 12.2. The number of ether oxygens (including phenoxy) is 1. The van der Waals surface area contributed by atoms with Gasteiger partial charge >= 0.3 is 5.97 Å². The normalized spacial score (nSPS) is 14.1. The number of benzene rings is 2. The number of para-hydroxylation sites is 1. The topological polar surface area (TPSA) is 68.5 Å². The number of hydrogen-bond acceptors (Lipinski definition) is 4. The maximum Gasteiger partial charge on any atom is 0.338 e. The summed E-state index contributed by atoms with van der Waals surface area (Å²) in [5.74, 6) is 0.748. The number of fused-ring (bicyclic) bond motifs is 1. The van der Waals surface area contributed by atoms with Crippen LogP contribution in [0.4, 0.5) is 5.69 Å². The number of amides is 1. The molecule has 134 valence electrons. The van der Waals surface area contributed by atoms with Gasteiger partial charge in [-0.15, -0.1) is 0 Å². The molecule has 1 amide bonds. The Hall–Kier alpha value is -3.60. The molecule has 5 heteroatoms. The van der Waals surface area contributed by atoms with Crippen LogP contribution in [0.25, 0.3) is 23.0 Å². The van der Waals surface area contributed by atoms with E-state index in [1.165, 1.54) is 0 Å². The Balaban J connectivity index is 1.59.